The Labute approximate surface area is 111 Å². The van der Waals surface area contributed by atoms with Crippen molar-refractivity contribution in [2.75, 3.05) is 13.1 Å². The van der Waals surface area contributed by atoms with Crippen molar-refractivity contribution in [1.82, 2.24) is 9.88 Å². The van der Waals surface area contributed by atoms with Gasteiger partial charge in [0.15, 0.2) is 0 Å². The van der Waals surface area contributed by atoms with Crippen molar-refractivity contribution in [3.05, 3.63) is 27.7 Å². The molecule has 0 bridgehead atoms. The number of carbonyl (C=O) groups is 1. The summed E-state index contributed by atoms with van der Waals surface area (Å²) in [5.41, 5.74) is 5.07. The van der Waals surface area contributed by atoms with E-state index in [9.17, 15) is 18.0 Å². The molecule has 19 heavy (non-hydrogen) atoms. The summed E-state index contributed by atoms with van der Waals surface area (Å²) in [7, 11) is 0. The molecule has 2 heterocycles. The molecule has 2 N–H and O–H groups in total. The van der Waals surface area contributed by atoms with Crippen LogP contribution < -0.4 is 5.73 Å². The first-order chi connectivity index (χ1) is 8.91. The van der Waals surface area contributed by atoms with Gasteiger partial charge in [-0.2, -0.15) is 13.2 Å². The van der Waals surface area contributed by atoms with Crippen molar-refractivity contribution in [3.63, 3.8) is 0 Å². The summed E-state index contributed by atoms with van der Waals surface area (Å²) in [4.78, 5) is 17.4. The monoisotopic (exact) mass is 291 g/mol. The molecule has 104 valence electrons. The minimum absolute atomic E-state index is 0.0385. The number of aromatic nitrogens is 1. The van der Waals surface area contributed by atoms with Crippen molar-refractivity contribution in [3.8, 4) is 0 Å². The van der Waals surface area contributed by atoms with Gasteiger partial charge in [0.1, 0.15) is 10.7 Å². The summed E-state index contributed by atoms with van der Waals surface area (Å²) in [6, 6.07) is 0. The lowest BCUT2D eigenvalue weighted by Crippen LogP contribution is -2.37. The molecule has 0 saturated heterocycles. The summed E-state index contributed by atoms with van der Waals surface area (Å²) in [6.45, 7) is 0.263. The highest BCUT2D eigenvalue weighted by Crippen LogP contribution is 2.30. The molecule has 0 aromatic carbocycles. The third-order valence-corrected chi connectivity index (χ3v) is 3.68. The fraction of sp³-hybridized carbons (Fsp3) is 0.455. The predicted molar refractivity (Wildman–Crippen MR) is 64.7 cm³/mol. The smallest absolute Gasteiger partial charge is 0.333 e. The number of alkyl halides is 3. The van der Waals surface area contributed by atoms with E-state index in [2.05, 4.69) is 4.98 Å². The number of thiazole rings is 1. The molecule has 0 saturated carbocycles. The molecule has 4 nitrogen and oxygen atoms in total. The van der Waals surface area contributed by atoms with Crippen LogP contribution >= 0.6 is 11.3 Å². The maximum Gasteiger partial charge on any atom is 0.412 e. The summed E-state index contributed by atoms with van der Waals surface area (Å²) in [5, 5.41) is 2.21. The number of hydrogen-bond donors (Lipinski definition) is 1. The van der Waals surface area contributed by atoms with Gasteiger partial charge in [-0.25, -0.2) is 4.98 Å². The van der Waals surface area contributed by atoms with Crippen LogP contribution in [0, 0.1) is 0 Å². The lowest BCUT2D eigenvalue weighted by atomic mass is 10.1. The van der Waals surface area contributed by atoms with Crippen molar-refractivity contribution in [1.29, 1.82) is 0 Å². The van der Waals surface area contributed by atoms with E-state index in [1.54, 1.807) is 5.38 Å². The van der Waals surface area contributed by atoms with E-state index in [0.29, 0.717) is 5.01 Å². The minimum atomic E-state index is -4.30. The Hall–Kier alpha value is -1.41. The number of rotatable bonds is 2. The van der Waals surface area contributed by atoms with Crippen LogP contribution in [0.4, 0.5) is 13.2 Å². The van der Waals surface area contributed by atoms with Gasteiger partial charge in [0.05, 0.1) is 0 Å². The molecule has 1 aromatic rings. The standard InChI is InChI=1S/C11H12F3N3OS/c12-11(13,14)7-1-3-17(4-2-7)10(18)8-6-19-9(5-15)16-8/h1,6H,2-5,15H2. The summed E-state index contributed by atoms with van der Waals surface area (Å²) >= 11 is 1.27. The molecule has 1 aromatic heterocycles. The van der Waals surface area contributed by atoms with E-state index in [-0.39, 0.29) is 37.7 Å². The maximum absolute atomic E-state index is 12.4. The van der Waals surface area contributed by atoms with Crippen LogP contribution in [-0.2, 0) is 6.54 Å². The molecule has 1 amide bonds. The van der Waals surface area contributed by atoms with Crippen LogP contribution in [0.1, 0.15) is 21.9 Å². The zero-order chi connectivity index (χ0) is 14.0. The number of carbonyl (C=O) groups excluding carboxylic acids is 1. The molecule has 2 rings (SSSR count). The van der Waals surface area contributed by atoms with Gasteiger partial charge in [-0.15, -0.1) is 11.3 Å². The Bertz CT molecular complexity index is 510. The van der Waals surface area contributed by atoms with Crippen LogP contribution in [0.5, 0.6) is 0 Å². The van der Waals surface area contributed by atoms with Crippen LogP contribution in [0.2, 0.25) is 0 Å². The molecule has 0 spiro atoms. The number of halogens is 3. The third-order valence-electron chi connectivity index (χ3n) is 2.81. The Morgan fingerprint density at radius 3 is 2.74 bits per heavy atom. The van der Waals surface area contributed by atoms with Crippen molar-refractivity contribution in [2.45, 2.75) is 19.1 Å². The third kappa shape index (κ3) is 3.13. The quantitative estimate of drug-likeness (QED) is 0.847. The number of hydrogen-bond acceptors (Lipinski definition) is 4. The molecule has 0 fully saturated rings. The average Bonchev–Trinajstić information content (AvgIpc) is 2.86. The summed E-state index contributed by atoms with van der Waals surface area (Å²) < 4.78 is 37.3. The SMILES string of the molecule is NCc1nc(C(=O)N2CC=C(C(F)(F)F)CC2)cs1. The maximum atomic E-state index is 12.4. The first-order valence-corrected chi connectivity index (χ1v) is 6.49. The fourth-order valence-corrected chi connectivity index (χ4v) is 2.42. The highest BCUT2D eigenvalue weighted by atomic mass is 32.1. The Kier molecular flexibility index (Phi) is 3.91. The molecule has 0 atom stereocenters. The van der Waals surface area contributed by atoms with E-state index >= 15 is 0 Å². The second kappa shape index (κ2) is 5.30. The van der Waals surface area contributed by atoms with E-state index in [1.165, 1.54) is 16.2 Å². The lowest BCUT2D eigenvalue weighted by molar-refractivity contribution is -0.0957. The van der Waals surface area contributed by atoms with E-state index in [4.69, 9.17) is 5.73 Å². The van der Waals surface area contributed by atoms with Crippen molar-refractivity contribution >= 4 is 17.2 Å². The zero-order valence-electron chi connectivity index (χ0n) is 9.91. The largest absolute Gasteiger partial charge is 0.412 e. The van der Waals surface area contributed by atoms with Gasteiger partial charge in [-0.05, 0) is 6.42 Å². The van der Waals surface area contributed by atoms with Gasteiger partial charge in [0.25, 0.3) is 5.91 Å². The second-order valence-corrected chi connectivity index (χ2v) is 5.00. The molecule has 0 aliphatic carbocycles. The highest BCUT2D eigenvalue weighted by Gasteiger charge is 2.35. The second-order valence-electron chi connectivity index (χ2n) is 4.06. The van der Waals surface area contributed by atoms with Gasteiger partial charge in [-0.1, -0.05) is 6.08 Å². The average molecular weight is 291 g/mol. The first kappa shape index (κ1) is 14.0. The molecular weight excluding hydrogens is 279 g/mol. The Morgan fingerprint density at radius 2 is 2.26 bits per heavy atom. The van der Waals surface area contributed by atoms with Gasteiger partial charge in [0.2, 0.25) is 0 Å². The van der Waals surface area contributed by atoms with Gasteiger partial charge < -0.3 is 10.6 Å². The van der Waals surface area contributed by atoms with Gasteiger partial charge in [0, 0.05) is 30.6 Å². The van der Waals surface area contributed by atoms with E-state index in [1.807, 2.05) is 0 Å². The Balaban J connectivity index is 2.05. The number of nitrogens with zero attached hydrogens (tertiary/aromatic N) is 2. The number of nitrogens with two attached hydrogens (primary N) is 1. The summed E-state index contributed by atoms with van der Waals surface area (Å²) in [6.07, 6.45) is -3.43. The van der Waals surface area contributed by atoms with Crippen LogP contribution in [0.3, 0.4) is 0 Å². The molecule has 0 radical (unpaired) electrons. The Morgan fingerprint density at radius 1 is 1.53 bits per heavy atom. The van der Waals surface area contributed by atoms with Gasteiger partial charge >= 0.3 is 6.18 Å². The molecule has 0 unspecified atom stereocenters. The van der Waals surface area contributed by atoms with E-state index < -0.39 is 11.7 Å². The van der Waals surface area contributed by atoms with Crippen molar-refractivity contribution < 1.29 is 18.0 Å². The summed E-state index contributed by atoms with van der Waals surface area (Å²) in [5.74, 6) is -0.353. The first-order valence-electron chi connectivity index (χ1n) is 5.62. The molecule has 1 aliphatic heterocycles. The van der Waals surface area contributed by atoms with Crippen LogP contribution in [0.15, 0.2) is 17.0 Å². The topological polar surface area (TPSA) is 59.2 Å². The molecule has 1 aliphatic rings. The zero-order valence-corrected chi connectivity index (χ0v) is 10.7. The molecule has 8 heteroatoms. The minimum Gasteiger partial charge on any atom is -0.333 e. The predicted octanol–water partition coefficient (Wildman–Crippen LogP) is 1.94. The van der Waals surface area contributed by atoms with Crippen molar-refractivity contribution in [2.24, 2.45) is 5.73 Å². The normalized spacial score (nSPS) is 16.4. The van der Waals surface area contributed by atoms with Crippen LogP contribution in [0.25, 0.3) is 0 Å². The van der Waals surface area contributed by atoms with E-state index in [0.717, 1.165) is 6.08 Å². The number of amides is 1. The lowest BCUT2D eigenvalue weighted by Gasteiger charge is -2.26. The van der Waals surface area contributed by atoms with Crippen LogP contribution in [-0.4, -0.2) is 35.1 Å². The highest BCUT2D eigenvalue weighted by molar-refractivity contribution is 7.09. The fourth-order valence-electron chi connectivity index (χ4n) is 1.78. The van der Waals surface area contributed by atoms with Gasteiger partial charge in [-0.3, -0.25) is 4.79 Å². The molecular formula is C11H12F3N3OS.